The molecule has 8 nitrogen and oxygen atoms in total. The van der Waals surface area contributed by atoms with Crippen LogP contribution in [0.5, 0.6) is 5.75 Å². The van der Waals surface area contributed by atoms with E-state index >= 15 is 0 Å². The molecule has 220 valence electrons. The maximum atomic E-state index is 14.1. The summed E-state index contributed by atoms with van der Waals surface area (Å²) in [5.41, 5.74) is 1.71. The monoisotopic (exact) mass is 583 g/mol. The second-order valence-corrected chi connectivity index (χ2v) is 11.8. The Morgan fingerprint density at radius 1 is 0.976 bits per heavy atom. The van der Waals surface area contributed by atoms with E-state index in [4.69, 9.17) is 4.74 Å². The molecule has 0 aliphatic heterocycles. The van der Waals surface area contributed by atoms with E-state index in [9.17, 15) is 22.4 Å². The van der Waals surface area contributed by atoms with Crippen molar-refractivity contribution in [2.75, 3.05) is 18.0 Å². The quantitative estimate of drug-likeness (QED) is 0.304. The van der Waals surface area contributed by atoms with Crippen LogP contribution in [0.2, 0.25) is 0 Å². The van der Waals surface area contributed by atoms with Crippen molar-refractivity contribution >= 4 is 27.5 Å². The number of halogens is 1. The van der Waals surface area contributed by atoms with Gasteiger partial charge in [-0.3, -0.25) is 13.9 Å². The summed E-state index contributed by atoms with van der Waals surface area (Å²) in [6.45, 7) is 6.91. The molecule has 0 spiro atoms. The number of nitrogens with zero attached hydrogens (tertiary/aromatic N) is 2. The van der Waals surface area contributed by atoms with Gasteiger partial charge in [-0.05, 0) is 80.8 Å². The maximum Gasteiger partial charge on any atom is 0.264 e. The summed E-state index contributed by atoms with van der Waals surface area (Å²) in [6, 6.07) is 17.3. The van der Waals surface area contributed by atoms with Crippen molar-refractivity contribution in [3.8, 4) is 5.75 Å². The lowest BCUT2D eigenvalue weighted by atomic mass is 10.1. The summed E-state index contributed by atoms with van der Waals surface area (Å²) < 4.78 is 47.8. The minimum atomic E-state index is -4.23. The Labute approximate surface area is 242 Å². The van der Waals surface area contributed by atoms with Crippen molar-refractivity contribution in [2.45, 2.75) is 64.1 Å². The number of amides is 2. The molecule has 0 unspecified atom stereocenters. The number of hydrogen-bond acceptors (Lipinski definition) is 5. The molecule has 3 aromatic rings. The summed E-state index contributed by atoms with van der Waals surface area (Å²) in [5, 5.41) is 2.95. The van der Waals surface area contributed by atoms with Gasteiger partial charge in [-0.1, -0.05) is 43.7 Å². The van der Waals surface area contributed by atoms with Crippen LogP contribution in [0.3, 0.4) is 0 Å². The molecule has 1 N–H and O–H groups in total. The van der Waals surface area contributed by atoms with E-state index in [-0.39, 0.29) is 29.1 Å². The van der Waals surface area contributed by atoms with E-state index in [1.165, 1.54) is 36.3 Å². The van der Waals surface area contributed by atoms with Crippen LogP contribution in [-0.2, 0) is 26.2 Å². The third-order valence-corrected chi connectivity index (χ3v) is 8.66. The average Bonchev–Trinajstić information content (AvgIpc) is 2.96. The van der Waals surface area contributed by atoms with Gasteiger partial charge >= 0.3 is 0 Å². The van der Waals surface area contributed by atoms with E-state index in [0.717, 1.165) is 22.0 Å². The predicted molar refractivity (Wildman–Crippen MR) is 158 cm³/mol. The van der Waals surface area contributed by atoms with E-state index in [0.29, 0.717) is 24.2 Å². The molecule has 0 heterocycles. The van der Waals surface area contributed by atoms with Crippen molar-refractivity contribution in [1.29, 1.82) is 0 Å². The first kappa shape index (κ1) is 31.6. The number of rotatable bonds is 13. The molecule has 2 amide bonds. The Morgan fingerprint density at radius 3 is 2.22 bits per heavy atom. The Bertz CT molecular complexity index is 1430. The number of carbonyl (C=O) groups excluding carboxylic acids is 2. The molecule has 2 atom stereocenters. The molecule has 0 saturated heterocycles. The molecule has 3 aromatic carbocycles. The molecular weight excluding hydrogens is 545 g/mol. The maximum absolute atomic E-state index is 14.1. The Kier molecular flexibility index (Phi) is 10.9. The number of carbonyl (C=O) groups is 2. The Morgan fingerprint density at radius 2 is 1.63 bits per heavy atom. The van der Waals surface area contributed by atoms with E-state index in [1.54, 1.807) is 37.3 Å². The number of nitrogens with one attached hydrogen (secondary N) is 1. The summed E-state index contributed by atoms with van der Waals surface area (Å²) in [6.07, 6.45) is 1.01. The van der Waals surface area contributed by atoms with E-state index in [2.05, 4.69) is 5.32 Å². The smallest absolute Gasteiger partial charge is 0.264 e. The van der Waals surface area contributed by atoms with Crippen molar-refractivity contribution in [3.05, 3.63) is 89.7 Å². The van der Waals surface area contributed by atoms with Crippen LogP contribution in [0.1, 0.15) is 44.7 Å². The van der Waals surface area contributed by atoms with Gasteiger partial charge in [0, 0.05) is 12.6 Å². The molecule has 0 saturated carbocycles. The molecule has 3 rings (SSSR count). The van der Waals surface area contributed by atoms with Crippen molar-refractivity contribution in [1.82, 2.24) is 10.2 Å². The third kappa shape index (κ3) is 8.07. The number of methoxy groups -OCH3 is 1. The van der Waals surface area contributed by atoms with E-state index in [1.807, 2.05) is 26.8 Å². The van der Waals surface area contributed by atoms with Crippen LogP contribution >= 0.6 is 0 Å². The zero-order valence-corrected chi connectivity index (χ0v) is 24.9. The first-order chi connectivity index (χ1) is 19.5. The van der Waals surface area contributed by atoms with Gasteiger partial charge in [-0.15, -0.1) is 0 Å². The fourth-order valence-corrected chi connectivity index (χ4v) is 5.72. The minimum absolute atomic E-state index is 0.0128. The van der Waals surface area contributed by atoms with Gasteiger partial charge in [0.2, 0.25) is 11.8 Å². The molecule has 0 aliphatic rings. The highest BCUT2D eigenvalue weighted by Crippen LogP contribution is 2.26. The van der Waals surface area contributed by atoms with Gasteiger partial charge in [-0.25, -0.2) is 12.8 Å². The fraction of sp³-hybridized carbons (Fsp3) is 0.355. The van der Waals surface area contributed by atoms with Crippen LogP contribution in [-0.4, -0.2) is 50.9 Å². The van der Waals surface area contributed by atoms with E-state index < -0.39 is 34.3 Å². The lowest BCUT2D eigenvalue weighted by molar-refractivity contribution is -0.140. The van der Waals surface area contributed by atoms with Crippen LogP contribution in [0.15, 0.2) is 77.7 Å². The lowest BCUT2D eigenvalue weighted by Crippen LogP contribution is -2.53. The second kappa shape index (κ2) is 14.1. The first-order valence-electron chi connectivity index (χ1n) is 13.6. The normalized spacial score (nSPS) is 12.7. The number of sulfonamides is 1. The van der Waals surface area contributed by atoms with Gasteiger partial charge in [0.05, 0.1) is 17.7 Å². The average molecular weight is 584 g/mol. The fourth-order valence-electron chi connectivity index (χ4n) is 4.30. The van der Waals surface area contributed by atoms with Crippen molar-refractivity contribution in [2.24, 2.45) is 0 Å². The number of ether oxygens (including phenoxy) is 1. The second-order valence-electron chi connectivity index (χ2n) is 9.92. The molecule has 41 heavy (non-hydrogen) atoms. The Hall–Kier alpha value is -3.92. The molecule has 10 heteroatoms. The first-order valence-corrected chi connectivity index (χ1v) is 15.0. The van der Waals surface area contributed by atoms with Crippen LogP contribution in [0.25, 0.3) is 0 Å². The van der Waals surface area contributed by atoms with Crippen LogP contribution in [0, 0.1) is 12.7 Å². The van der Waals surface area contributed by atoms with Crippen molar-refractivity contribution < 1.29 is 27.1 Å². The minimum Gasteiger partial charge on any atom is -0.497 e. The topological polar surface area (TPSA) is 96.0 Å². The number of aryl methyl sites for hydroxylation is 1. The van der Waals surface area contributed by atoms with Crippen LogP contribution < -0.4 is 14.4 Å². The van der Waals surface area contributed by atoms with Gasteiger partial charge < -0.3 is 15.0 Å². The number of hydrogen-bond donors (Lipinski definition) is 1. The van der Waals surface area contributed by atoms with Crippen molar-refractivity contribution in [3.63, 3.8) is 0 Å². The third-order valence-electron chi connectivity index (χ3n) is 6.88. The van der Waals surface area contributed by atoms with Gasteiger partial charge in [0.15, 0.2) is 0 Å². The summed E-state index contributed by atoms with van der Waals surface area (Å²) >= 11 is 0. The largest absolute Gasteiger partial charge is 0.497 e. The van der Waals surface area contributed by atoms with Gasteiger partial charge in [-0.2, -0.15) is 0 Å². The highest BCUT2D eigenvalue weighted by molar-refractivity contribution is 7.92. The zero-order valence-electron chi connectivity index (χ0n) is 24.1. The van der Waals surface area contributed by atoms with Gasteiger partial charge in [0.1, 0.15) is 24.2 Å². The number of benzene rings is 3. The lowest BCUT2D eigenvalue weighted by Gasteiger charge is -2.33. The number of anilines is 1. The SMILES string of the molecule is CC[C@@H](C)NC(=O)[C@H](CC)N(Cc1cccc(OC)c1)C(=O)CN(c1ccc(F)cc1)S(=O)(=O)c1ccc(C)cc1. The predicted octanol–water partition coefficient (Wildman–Crippen LogP) is 5.06. The van der Waals surface area contributed by atoms with Crippen LogP contribution in [0.4, 0.5) is 10.1 Å². The van der Waals surface area contributed by atoms with Gasteiger partial charge in [0.25, 0.3) is 10.0 Å². The Balaban J connectivity index is 2.06. The molecular formula is C31H38FN3O5S. The molecule has 0 fully saturated rings. The summed E-state index contributed by atoms with van der Waals surface area (Å²) in [4.78, 5) is 28.8. The standard InChI is InChI=1S/C31H38FN3O5S/c1-6-23(4)33-31(37)29(7-2)34(20-24-9-8-10-27(19-24)40-5)30(36)21-35(26-15-13-25(32)14-16-26)41(38,39)28-17-11-22(3)12-18-28/h8-19,23,29H,6-7,20-21H2,1-5H3,(H,33,37)/t23-,29+/m1/s1. The molecule has 0 radical (unpaired) electrons. The summed E-state index contributed by atoms with van der Waals surface area (Å²) in [7, 11) is -2.69. The molecule has 0 aliphatic carbocycles. The molecule has 0 aromatic heterocycles. The molecule has 0 bridgehead atoms. The summed E-state index contributed by atoms with van der Waals surface area (Å²) in [5.74, 6) is -0.867. The highest BCUT2D eigenvalue weighted by Gasteiger charge is 2.34. The highest BCUT2D eigenvalue weighted by atomic mass is 32.2. The zero-order chi connectivity index (χ0) is 30.2.